The molecular weight excluding hydrogens is 328 g/mol. The van der Waals surface area contributed by atoms with E-state index < -0.39 is 46.2 Å². The van der Waals surface area contributed by atoms with Crippen LogP contribution in [0.1, 0.15) is 22.9 Å². The average Bonchev–Trinajstić information content (AvgIpc) is 3.01. The number of hydrogen-bond donors (Lipinski definition) is 0. The first kappa shape index (κ1) is 16.2. The van der Waals surface area contributed by atoms with Crippen LogP contribution in [0.15, 0.2) is 8.83 Å². The number of rotatable bonds is 2. The fourth-order valence-electron chi connectivity index (χ4n) is 2.17. The number of halogens is 4. The van der Waals surface area contributed by atoms with Crippen molar-refractivity contribution in [2.75, 3.05) is 0 Å². The molecule has 0 radical (unpaired) electrons. The summed E-state index contributed by atoms with van der Waals surface area (Å²) in [4.78, 5) is 7.57. The summed E-state index contributed by atoms with van der Waals surface area (Å²) in [7, 11) is 0. The van der Waals surface area contributed by atoms with Crippen LogP contribution < -0.4 is 0 Å². The van der Waals surface area contributed by atoms with Gasteiger partial charge in [0, 0.05) is 0 Å². The lowest BCUT2D eigenvalue weighted by Crippen LogP contribution is -2.04. The molecule has 0 aliphatic carbocycles. The summed E-state index contributed by atoms with van der Waals surface area (Å²) in [6, 6.07) is 0. The molecular formula is C16H12F4N2O2. The van der Waals surface area contributed by atoms with Gasteiger partial charge in [-0.05, 0) is 27.7 Å². The number of nitrogens with zero attached hydrogens (tertiary/aromatic N) is 2. The minimum Gasteiger partial charge on any atom is -0.441 e. The average molecular weight is 340 g/mol. The Kier molecular flexibility index (Phi) is 3.70. The first-order chi connectivity index (χ1) is 11.2. The molecule has 1 aromatic carbocycles. The Hall–Kier alpha value is -2.64. The van der Waals surface area contributed by atoms with Gasteiger partial charge < -0.3 is 8.83 Å². The van der Waals surface area contributed by atoms with Crippen LogP contribution in [0.3, 0.4) is 0 Å². The van der Waals surface area contributed by atoms with Gasteiger partial charge in [0.2, 0.25) is 11.8 Å². The third-order valence-electron chi connectivity index (χ3n) is 3.75. The van der Waals surface area contributed by atoms with Crippen molar-refractivity contribution in [3.63, 3.8) is 0 Å². The Labute approximate surface area is 134 Å². The van der Waals surface area contributed by atoms with Gasteiger partial charge in [0.15, 0.2) is 23.3 Å². The van der Waals surface area contributed by atoms with Crippen molar-refractivity contribution in [1.82, 2.24) is 9.97 Å². The fourth-order valence-corrected chi connectivity index (χ4v) is 2.17. The minimum atomic E-state index is -1.63. The Morgan fingerprint density at radius 3 is 1.08 bits per heavy atom. The first-order valence-corrected chi connectivity index (χ1v) is 6.97. The summed E-state index contributed by atoms with van der Waals surface area (Å²) >= 11 is 0. The lowest BCUT2D eigenvalue weighted by molar-refractivity contribution is 0.443. The van der Waals surface area contributed by atoms with E-state index in [1.807, 2.05) is 0 Å². The molecule has 3 rings (SSSR count). The fraction of sp³-hybridized carbons (Fsp3) is 0.250. The molecule has 3 aromatic rings. The summed E-state index contributed by atoms with van der Waals surface area (Å²) in [6.45, 7) is 6.11. The van der Waals surface area contributed by atoms with Gasteiger partial charge in [0.25, 0.3) is 0 Å². The highest BCUT2D eigenvalue weighted by Crippen LogP contribution is 2.37. The zero-order valence-corrected chi connectivity index (χ0v) is 13.2. The molecule has 126 valence electrons. The van der Waals surface area contributed by atoms with E-state index in [-0.39, 0.29) is 11.5 Å². The molecule has 0 amide bonds. The van der Waals surface area contributed by atoms with E-state index in [9.17, 15) is 17.6 Å². The number of hydrogen-bond acceptors (Lipinski definition) is 4. The Morgan fingerprint density at radius 1 is 0.583 bits per heavy atom. The second-order valence-corrected chi connectivity index (χ2v) is 5.33. The maximum atomic E-state index is 14.4. The quantitative estimate of drug-likeness (QED) is 0.497. The van der Waals surface area contributed by atoms with Gasteiger partial charge in [-0.3, -0.25) is 0 Å². The van der Waals surface area contributed by atoms with Crippen LogP contribution >= 0.6 is 0 Å². The SMILES string of the molecule is Cc1nc(-c2c(F)c(F)c(-c3nc(C)c(C)o3)c(F)c2F)oc1C. The maximum Gasteiger partial charge on any atom is 0.232 e. The highest BCUT2D eigenvalue weighted by atomic mass is 19.2. The standard InChI is InChI=1S/C16H12F4N2O2/c1-5-7(3)23-15(21-5)9-11(17)13(19)10(14(20)12(9)18)16-22-6(2)8(4)24-16/h1-4H3. The Balaban J connectivity index is 2.29. The van der Waals surface area contributed by atoms with Crippen LogP contribution in [0.4, 0.5) is 17.6 Å². The van der Waals surface area contributed by atoms with Gasteiger partial charge in [0.1, 0.15) is 22.6 Å². The molecule has 24 heavy (non-hydrogen) atoms. The van der Waals surface area contributed by atoms with Gasteiger partial charge in [-0.1, -0.05) is 0 Å². The van der Waals surface area contributed by atoms with E-state index in [0.29, 0.717) is 11.4 Å². The molecule has 0 fully saturated rings. The van der Waals surface area contributed by atoms with Crippen LogP contribution in [-0.4, -0.2) is 9.97 Å². The summed E-state index contributed by atoms with van der Waals surface area (Å²) in [6.07, 6.45) is 0. The molecule has 0 spiro atoms. The zero-order chi connectivity index (χ0) is 17.8. The molecule has 0 saturated heterocycles. The van der Waals surface area contributed by atoms with Crippen molar-refractivity contribution in [3.8, 4) is 22.9 Å². The minimum absolute atomic E-state index is 0.285. The third-order valence-corrected chi connectivity index (χ3v) is 3.75. The van der Waals surface area contributed by atoms with Crippen molar-refractivity contribution in [2.45, 2.75) is 27.7 Å². The van der Waals surface area contributed by atoms with Crippen LogP contribution in [0.25, 0.3) is 22.9 Å². The van der Waals surface area contributed by atoms with E-state index in [4.69, 9.17) is 8.83 Å². The van der Waals surface area contributed by atoms with Crippen LogP contribution in [0.5, 0.6) is 0 Å². The molecule has 0 saturated carbocycles. The van der Waals surface area contributed by atoms with Crippen molar-refractivity contribution in [2.24, 2.45) is 0 Å². The summed E-state index contributed by atoms with van der Waals surface area (Å²) in [5.41, 5.74) is -1.31. The van der Waals surface area contributed by atoms with Crippen molar-refractivity contribution in [3.05, 3.63) is 46.2 Å². The number of benzene rings is 1. The summed E-state index contributed by atoms with van der Waals surface area (Å²) in [5, 5.41) is 0. The van der Waals surface area contributed by atoms with Gasteiger partial charge in [-0.2, -0.15) is 0 Å². The predicted molar refractivity (Wildman–Crippen MR) is 76.2 cm³/mol. The Morgan fingerprint density at radius 2 is 0.875 bits per heavy atom. The topological polar surface area (TPSA) is 52.1 Å². The molecule has 0 unspecified atom stereocenters. The first-order valence-electron chi connectivity index (χ1n) is 6.97. The molecule has 8 heteroatoms. The highest BCUT2D eigenvalue weighted by molar-refractivity contribution is 5.65. The third kappa shape index (κ3) is 2.29. The molecule has 0 N–H and O–H groups in total. The molecule has 0 aliphatic rings. The second-order valence-electron chi connectivity index (χ2n) is 5.33. The van der Waals surface area contributed by atoms with E-state index in [0.717, 1.165) is 0 Å². The zero-order valence-electron chi connectivity index (χ0n) is 13.2. The smallest absolute Gasteiger partial charge is 0.232 e. The lowest BCUT2D eigenvalue weighted by atomic mass is 10.1. The second kappa shape index (κ2) is 5.47. The largest absolute Gasteiger partial charge is 0.441 e. The number of oxazole rings is 2. The molecule has 0 bridgehead atoms. The molecule has 2 heterocycles. The lowest BCUT2D eigenvalue weighted by Gasteiger charge is -2.08. The van der Waals surface area contributed by atoms with Gasteiger partial charge in [0.05, 0.1) is 11.4 Å². The van der Waals surface area contributed by atoms with Crippen LogP contribution in [0.2, 0.25) is 0 Å². The number of aromatic nitrogens is 2. The van der Waals surface area contributed by atoms with Crippen LogP contribution in [-0.2, 0) is 0 Å². The highest BCUT2D eigenvalue weighted by Gasteiger charge is 2.32. The summed E-state index contributed by atoms with van der Waals surface area (Å²) < 4.78 is 67.6. The maximum absolute atomic E-state index is 14.4. The molecule has 0 atom stereocenters. The van der Waals surface area contributed by atoms with Crippen LogP contribution in [0, 0.1) is 51.0 Å². The van der Waals surface area contributed by atoms with E-state index in [1.165, 1.54) is 27.7 Å². The van der Waals surface area contributed by atoms with Crippen molar-refractivity contribution in [1.29, 1.82) is 0 Å². The Bertz CT molecular complexity index is 814. The van der Waals surface area contributed by atoms with E-state index in [1.54, 1.807) is 0 Å². The van der Waals surface area contributed by atoms with Crippen molar-refractivity contribution < 1.29 is 26.4 Å². The summed E-state index contributed by atoms with van der Waals surface area (Å²) in [5.74, 6) is -7.01. The van der Waals surface area contributed by atoms with Gasteiger partial charge in [-0.25, -0.2) is 27.5 Å². The van der Waals surface area contributed by atoms with Gasteiger partial charge >= 0.3 is 0 Å². The van der Waals surface area contributed by atoms with Crippen molar-refractivity contribution >= 4 is 0 Å². The molecule has 4 nitrogen and oxygen atoms in total. The molecule has 0 aliphatic heterocycles. The monoisotopic (exact) mass is 340 g/mol. The van der Waals surface area contributed by atoms with E-state index in [2.05, 4.69) is 9.97 Å². The predicted octanol–water partition coefficient (Wildman–Crippen LogP) is 4.79. The van der Waals surface area contributed by atoms with E-state index >= 15 is 0 Å². The number of aryl methyl sites for hydroxylation is 4. The normalized spacial score (nSPS) is 11.3. The molecule has 2 aromatic heterocycles. The van der Waals surface area contributed by atoms with Gasteiger partial charge in [-0.15, -0.1) is 0 Å².